The van der Waals surface area contributed by atoms with Crippen molar-refractivity contribution in [1.82, 2.24) is 0 Å². The van der Waals surface area contributed by atoms with Crippen molar-refractivity contribution in [2.45, 2.75) is 51.0 Å². The average Bonchev–Trinajstić information content (AvgIpc) is 2.54. The summed E-state index contributed by atoms with van der Waals surface area (Å²) >= 11 is 0. The molecule has 74 valence electrons. The van der Waals surface area contributed by atoms with E-state index in [1.54, 1.807) is 7.11 Å². The highest BCUT2D eigenvalue weighted by Gasteiger charge is 2.45. The molecule has 0 amide bonds. The Morgan fingerprint density at radius 3 is 2.69 bits per heavy atom. The Labute approximate surface area is 79.7 Å². The zero-order valence-corrected chi connectivity index (χ0v) is 8.34. The predicted molar refractivity (Wildman–Crippen MR) is 50.6 cm³/mol. The zero-order chi connectivity index (χ0) is 9.31. The fraction of sp³-hybridized carbons (Fsp3) is 0.909. The number of ether oxygens (including phenoxy) is 1. The van der Waals surface area contributed by atoms with Gasteiger partial charge in [-0.15, -0.1) is 0 Å². The lowest BCUT2D eigenvalue weighted by Gasteiger charge is -2.39. The Balaban J connectivity index is 2.14. The van der Waals surface area contributed by atoms with Gasteiger partial charge in [-0.05, 0) is 19.3 Å². The summed E-state index contributed by atoms with van der Waals surface area (Å²) in [5.41, 5.74) is 0.240. The molecular formula is C11H18O2. The van der Waals surface area contributed by atoms with Crippen LogP contribution in [-0.2, 0) is 9.53 Å². The standard InChI is InChI=1S/C11H18O2/c1-13-10-5-4-9(12)8-11(10)6-2-3-7-11/h10H,2-8H2,1H3. The molecule has 2 saturated carbocycles. The van der Waals surface area contributed by atoms with Crippen LogP contribution in [0.3, 0.4) is 0 Å². The van der Waals surface area contributed by atoms with E-state index in [0.29, 0.717) is 11.9 Å². The molecule has 2 aliphatic rings. The Bertz CT molecular complexity index is 204. The van der Waals surface area contributed by atoms with Crippen LogP contribution in [0.1, 0.15) is 44.9 Å². The van der Waals surface area contributed by atoms with Crippen LogP contribution in [0.2, 0.25) is 0 Å². The number of hydrogen-bond donors (Lipinski definition) is 0. The van der Waals surface area contributed by atoms with Gasteiger partial charge in [0, 0.05) is 25.4 Å². The molecule has 1 unspecified atom stereocenters. The maximum atomic E-state index is 11.4. The van der Waals surface area contributed by atoms with E-state index in [1.165, 1.54) is 25.7 Å². The second-order valence-electron chi connectivity index (χ2n) is 4.55. The molecule has 0 aromatic heterocycles. The minimum atomic E-state index is 0.240. The normalized spacial score (nSPS) is 32.7. The molecule has 2 heteroatoms. The fourth-order valence-electron chi connectivity index (χ4n) is 3.14. The molecule has 13 heavy (non-hydrogen) atoms. The van der Waals surface area contributed by atoms with Crippen LogP contribution in [0.4, 0.5) is 0 Å². The minimum Gasteiger partial charge on any atom is -0.381 e. The van der Waals surface area contributed by atoms with E-state index in [0.717, 1.165) is 19.3 Å². The van der Waals surface area contributed by atoms with Crippen molar-refractivity contribution in [2.75, 3.05) is 7.11 Å². The second-order valence-corrected chi connectivity index (χ2v) is 4.55. The molecule has 2 aliphatic carbocycles. The van der Waals surface area contributed by atoms with Crippen molar-refractivity contribution in [2.24, 2.45) is 5.41 Å². The van der Waals surface area contributed by atoms with Crippen LogP contribution < -0.4 is 0 Å². The average molecular weight is 182 g/mol. The summed E-state index contributed by atoms with van der Waals surface area (Å²) in [7, 11) is 1.79. The lowest BCUT2D eigenvalue weighted by Crippen LogP contribution is -2.40. The van der Waals surface area contributed by atoms with Crippen molar-refractivity contribution in [1.29, 1.82) is 0 Å². The molecular weight excluding hydrogens is 164 g/mol. The van der Waals surface area contributed by atoms with E-state index in [9.17, 15) is 4.79 Å². The van der Waals surface area contributed by atoms with Gasteiger partial charge in [-0.1, -0.05) is 12.8 Å². The Morgan fingerprint density at radius 1 is 1.38 bits per heavy atom. The summed E-state index contributed by atoms with van der Waals surface area (Å²) in [5, 5.41) is 0. The smallest absolute Gasteiger partial charge is 0.133 e. The quantitative estimate of drug-likeness (QED) is 0.622. The SMILES string of the molecule is COC1CCC(=O)CC12CCCC2. The predicted octanol–water partition coefficient (Wildman–Crippen LogP) is 2.31. The number of methoxy groups -OCH3 is 1. The minimum absolute atomic E-state index is 0.240. The maximum absolute atomic E-state index is 11.4. The molecule has 1 atom stereocenters. The summed E-state index contributed by atoms with van der Waals surface area (Å²) in [4.78, 5) is 11.4. The van der Waals surface area contributed by atoms with E-state index in [-0.39, 0.29) is 5.41 Å². The highest BCUT2D eigenvalue weighted by Crippen LogP contribution is 2.49. The molecule has 0 N–H and O–H groups in total. The lowest BCUT2D eigenvalue weighted by molar-refractivity contribution is -0.131. The Kier molecular flexibility index (Phi) is 2.41. The van der Waals surface area contributed by atoms with Gasteiger partial charge in [0.2, 0.25) is 0 Å². The van der Waals surface area contributed by atoms with Crippen molar-refractivity contribution >= 4 is 5.78 Å². The van der Waals surface area contributed by atoms with E-state index < -0.39 is 0 Å². The van der Waals surface area contributed by atoms with Crippen LogP contribution >= 0.6 is 0 Å². The molecule has 0 radical (unpaired) electrons. The number of ketones is 1. The van der Waals surface area contributed by atoms with Gasteiger partial charge in [-0.25, -0.2) is 0 Å². The summed E-state index contributed by atoms with van der Waals surface area (Å²) in [6.07, 6.45) is 7.81. The number of carbonyl (C=O) groups is 1. The van der Waals surface area contributed by atoms with Crippen molar-refractivity contribution in [3.8, 4) is 0 Å². The van der Waals surface area contributed by atoms with Gasteiger partial charge in [-0.3, -0.25) is 4.79 Å². The Morgan fingerprint density at radius 2 is 2.08 bits per heavy atom. The summed E-state index contributed by atoms with van der Waals surface area (Å²) in [6, 6.07) is 0. The topological polar surface area (TPSA) is 26.3 Å². The van der Waals surface area contributed by atoms with Gasteiger partial charge in [0.05, 0.1) is 6.10 Å². The highest BCUT2D eigenvalue weighted by atomic mass is 16.5. The van der Waals surface area contributed by atoms with E-state index >= 15 is 0 Å². The van der Waals surface area contributed by atoms with Crippen LogP contribution in [0.5, 0.6) is 0 Å². The van der Waals surface area contributed by atoms with Crippen molar-refractivity contribution < 1.29 is 9.53 Å². The first-order valence-corrected chi connectivity index (χ1v) is 5.31. The zero-order valence-electron chi connectivity index (χ0n) is 8.34. The van der Waals surface area contributed by atoms with E-state index in [4.69, 9.17) is 4.74 Å². The summed E-state index contributed by atoms with van der Waals surface area (Å²) in [5.74, 6) is 0.454. The number of hydrogen-bond acceptors (Lipinski definition) is 2. The van der Waals surface area contributed by atoms with Gasteiger partial charge < -0.3 is 4.74 Å². The summed E-state index contributed by atoms with van der Waals surface area (Å²) < 4.78 is 5.52. The van der Waals surface area contributed by atoms with Crippen molar-refractivity contribution in [3.63, 3.8) is 0 Å². The third kappa shape index (κ3) is 1.52. The first kappa shape index (κ1) is 9.20. The van der Waals surface area contributed by atoms with E-state index in [1.807, 2.05) is 0 Å². The molecule has 0 aliphatic heterocycles. The molecule has 2 fully saturated rings. The molecule has 1 spiro atoms. The molecule has 0 heterocycles. The van der Waals surface area contributed by atoms with Gasteiger partial charge in [0.25, 0.3) is 0 Å². The molecule has 0 aromatic carbocycles. The van der Waals surface area contributed by atoms with Gasteiger partial charge in [0.1, 0.15) is 5.78 Å². The van der Waals surface area contributed by atoms with Gasteiger partial charge in [-0.2, -0.15) is 0 Å². The molecule has 0 bridgehead atoms. The monoisotopic (exact) mass is 182 g/mol. The van der Waals surface area contributed by atoms with E-state index in [2.05, 4.69) is 0 Å². The lowest BCUT2D eigenvalue weighted by atomic mass is 9.70. The summed E-state index contributed by atoms with van der Waals surface area (Å²) in [6.45, 7) is 0. The van der Waals surface area contributed by atoms with Crippen LogP contribution in [0.25, 0.3) is 0 Å². The molecule has 2 nitrogen and oxygen atoms in total. The van der Waals surface area contributed by atoms with Gasteiger partial charge in [0.15, 0.2) is 0 Å². The fourth-order valence-corrected chi connectivity index (χ4v) is 3.14. The van der Waals surface area contributed by atoms with Crippen molar-refractivity contribution in [3.05, 3.63) is 0 Å². The first-order chi connectivity index (χ1) is 6.27. The third-order valence-electron chi connectivity index (χ3n) is 3.80. The molecule has 2 rings (SSSR count). The van der Waals surface area contributed by atoms with Crippen LogP contribution in [0, 0.1) is 5.41 Å². The third-order valence-corrected chi connectivity index (χ3v) is 3.80. The number of rotatable bonds is 1. The van der Waals surface area contributed by atoms with Crippen LogP contribution in [-0.4, -0.2) is 19.0 Å². The highest BCUT2D eigenvalue weighted by molar-refractivity contribution is 5.80. The molecule has 0 saturated heterocycles. The first-order valence-electron chi connectivity index (χ1n) is 5.31. The number of Topliss-reactive ketones (excluding diaryl/α,β-unsaturated/α-hetero) is 1. The number of carbonyl (C=O) groups excluding carboxylic acids is 1. The Hall–Kier alpha value is -0.370. The maximum Gasteiger partial charge on any atom is 0.133 e. The largest absolute Gasteiger partial charge is 0.381 e. The second kappa shape index (κ2) is 3.41. The molecule has 0 aromatic rings. The van der Waals surface area contributed by atoms with Crippen LogP contribution in [0.15, 0.2) is 0 Å². The van der Waals surface area contributed by atoms with Gasteiger partial charge >= 0.3 is 0 Å².